The van der Waals surface area contributed by atoms with Crippen LogP contribution < -0.4 is 0 Å². The van der Waals surface area contributed by atoms with E-state index in [2.05, 4.69) is 4.98 Å². The topological polar surface area (TPSA) is 75.1 Å². The van der Waals surface area contributed by atoms with Crippen LogP contribution in [0, 0.1) is 4.77 Å². The Hall–Kier alpha value is -1.44. The predicted octanol–water partition coefficient (Wildman–Crippen LogP) is 1.78. The molecule has 0 atom stereocenters. The van der Waals surface area contributed by atoms with Gasteiger partial charge in [0.05, 0.1) is 4.90 Å². The van der Waals surface area contributed by atoms with Gasteiger partial charge >= 0.3 is 0 Å². The van der Waals surface area contributed by atoms with Gasteiger partial charge in [-0.1, -0.05) is 6.07 Å². The molecule has 7 heteroatoms. The summed E-state index contributed by atoms with van der Waals surface area (Å²) in [6.07, 6.45) is 3.31. The number of nitrogens with zero attached hydrogens (tertiary/aromatic N) is 1. The molecule has 2 aromatic rings. The van der Waals surface area contributed by atoms with Gasteiger partial charge in [-0.15, -0.1) is 0 Å². The Bertz CT molecular complexity index is 670. The molecule has 0 aliphatic carbocycles. The average Bonchev–Trinajstić information content (AvgIpc) is 2.63. The minimum atomic E-state index is -4.19. The lowest BCUT2D eigenvalue weighted by Crippen LogP contribution is -2.00. The Balaban J connectivity index is 2.62. The second-order valence-corrected chi connectivity index (χ2v) is 4.92. The highest BCUT2D eigenvalue weighted by Crippen LogP contribution is 2.14. The SMILES string of the molecule is O=S(=O)(O)c1cccc(-n2cc[nH]c2=S)c1. The van der Waals surface area contributed by atoms with Crippen molar-refractivity contribution in [3.8, 4) is 5.69 Å². The van der Waals surface area contributed by atoms with Crippen molar-refractivity contribution < 1.29 is 13.0 Å². The number of hydrogen-bond donors (Lipinski definition) is 2. The summed E-state index contributed by atoms with van der Waals surface area (Å²) in [6.45, 7) is 0. The van der Waals surface area contributed by atoms with Crippen LogP contribution >= 0.6 is 12.2 Å². The summed E-state index contributed by atoms with van der Waals surface area (Å²) < 4.78 is 32.9. The minimum Gasteiger partial charge on any atom is -0.337 e. The molecule has 2 N–H and O–H groups in total. The highest BCUT2D eigenvalue weighted by molar-refractivity contribution is 7.85. The monoisotopic (exact) mass is 256 g/mol. The number of nitrogens with one attached hydrogen (secondary N) is 1. The summed E-state index contributed by atoms with van der Waals surface area (Å²) in [7, 11) is -4.19. The Kier molecular flexibility index (Phi) is 2.66. The molecule has 0 spiro atoms. The van der Waals surface area contributed by atoms with Crippen molar-refractivity contribution in [2.24, 2.45) is 0 Å². The van der Waals surface area contributed by atoms with Crippen molar-refractivity contribution >= 4 is 22.3 Å². The number of hydrogen-bond acceptors (Lipinski definition) is 3. The molecule has 0 saturated carbocycles. The van der Waals surface area contributed by atoms with Crippen LogP contribution in [0.2, 0.25) is 0 Å². The van der Waals surface area contributed by atoms with E-state index in [9.17, 15) is 8.42 Å². The molecule has 0 fully saturated rings. The van der Waals surface area contributed by atoms with Crippen molar-refractivity contribution in [2.75, 3.05) is 0 Å². The van der Waals surface area contributed by atoms with Crippen LogP contribution in [0.4, 0.5) is 0 Å². The van der Waals surface area contributed by atoms with Crippen LogP contribution in [0.3, 0.4) is 0 Å². The van der Waals surface area contributed by atoms with Crippen molar-refractivity contribution in [1.29, 1.82) is 0 Å². The molecule has 84 valence electrons. The molecule has 1 aromatic carbocycles. The predicted molar refractivity (Wildman–Crippen MR) is 60.8 cm³/mol. The summed E-state index contributed by atoms with van der Waals surface area (Å²) >= 11 is 5.00. The summed E-state index contributed by atoms with van der Waals surface area (Å²) in [6, 6.07) is 5.89. The maximum Gasteiger partial charge on any atom is 0.294 e. The van der Waals surface area contributed by atoms with Crippen LogP contribution in [0.1, 0.15) is 0 Å². The van der Waals surface area contributed by atoms with Gasteiger partial charge in [-0.25, -0.2) is 0 Å². The third-order valence-corrected chi connectivity index (χ3v) is 3.21. The number of H-pyrrole nitrogens is 1. The van der Waals surface area contributed by atoms with Gasteiger partial charge in [-0.3, -0.25) is 9.12 Å². The number of aromatic amines is 1. The first-order valence-corrected chi connectivity index (χ1v) is 6.17. The lowest BCUT2D eigenvalue weighted by molar-refractivity contribution is 0.483. The van der Waals surface area contributed by atoms with Crippen molar-refractivity contribution in [2.45, 2.75) is 4.90 Å². The van der Waals surface area contributed by atoms with Crippen molar-refractivity contribution in [1.82, 2.24) is 9.55 Å². The number of aromatic nitrogens is 2. The zero-order chi connectivity index (χ0) is 11.8. The van der Waals surface area contributed by atoms with Gasteiger partial charge in [0.15, 0.2) is 4.77 Å². The molecular weight excluding hydrogens is 248 g/mol. The first-order valence-electron chi connectivity index (χ1n) is 4.32. The third kappa shape index (κ3) is 2.06. The second kappa shape index (κ2) is 3.85. The van der Waals surface area contributed by atoms with Crippen molar-refractivity contribution in [3.63, 3.8) is 0 Å². The van der Waals surface area contributed by atoms with Crippen molar-refractivity contribution in [3.05, 3.63) is 41.4 Å². The van der Waals surface area contributed by atoms with E-state index in [0.29, 0.717) is 10.5 Å². The standard InChI is InChI=1S/C9H8N2O3S2/c12-16(13,14)8-3-1-2-7(6-8)11-5-4-10-9(11)15/h1-6H,(H,10,15)(H,12,13,14). The summed E-state index contributed by atoms with van der Waals surface area (Å²) in [5.74, 6) is 0. The van der Waals surface area contributed by atoms with E-state index in [1.54, 1.807) is 23.0 Å². The van der Waals surface area contributed by atoms with E-state index in [1.165, 1.54) is 18.2 Å². The fourth-order valence-electron chi connectivity index (χ4n) is 1.32. The van der Waals surface area contributed by atoms with E-state index in [0.717, 1.165) is 0 Å². The van der Waals surface area contributed by atoms with Gasteiger partial charge in [0.2, 0.25) is 0 Å². The van der Waals surface area contributed by atoms with E-state index in [1.807, 2.05) is 0 Å². The maximum atomic E-state index is 11.0. The second-order valence-electron chi connectivity index (χ2n) is 3.11. The van der Waals surface area contributed by atoms with Crippen LogP contribution in [0.15, 0.2) is 41.6 Å². The Morgan fingerprint density at radius 1 is 1.38 bits per heavy atom. The van der Waals surface area contributed by atoms with E-state index >= 15 is 0 Å². The Morgan fingerprint density at radius 2 is 2.12 bits per heavy atom. The fourth-order valence-corrected chi connectivity index (χ4v) is 2.07. The molecule has 5 nitrogen and oxygen atoms in total. The number of rotatable bonds is 2. The molecule has 2 rings (SSSR count). The average molecular weight is 256 g/mol. The molecular formula is C9H8N2O3S2. The van der Waals surface area contributed by atoms with Gasteiger partial charge in [0, 0.05) is 18.1 Å². The first kappa shape index (κ1) is 11.1. The van der Waals surface area contributed by atoms with E-state index < -0.39 is 10.1 Å². The minimum absolute atomic E-state index is 0.159. The van der Waals surface area contributed by atoms with E-state index in [-0.39, 0.29) is 4.90 Å². The van der Waals surface area contributed by atoms with Gasteiger partial charge < -0.3 is 4.98 Å². The first-order chi connectivity index (χ1) is 7.48. The highest BCUT2D eigenvalue weighted by Gasteiger charge is 2.10. The summed E-state index contributed by atoms with van der Waals surface area (Å²) in [5.41, 5.74) is 0.571. The van der Waals surface area contributed by atoms with Crippen LogP contribution in [-0.2, 0) is 10.1 Å². The van der Waals surface area contributed by atoms with Gasteiger partial charge in [-0.05, 0) is 30.4 Å². The highest BCUT2D eigenvalue weighted by atomic mass is 32.2. The molecule has 0 saturated heterocycles. The normalized spacial score (nSPS) is 11.6. The largest absolute Gasteiger partial charge is 0.337 e. The lowest BCUT2D eigenvalue weighted by atomic mass is 10.3. The molecule has 1 aromatic heterocycles. The summed E-state index contributed by atoms with van der Waals surface area (Å²) in [4.78, 5) is 2.63. The zero-order valence-electron chi connectivity index (χ0n) is 7.99. The Morgan fingerprint density at radius 3 is 2.69 bits per heavy atom. The van der Waals surface area contributed by atoms with Gasteiger partial charge in [0.1, 0.15) is 0 Å². The lowest BCUT2D eigenvalue weighted by Gasteiger charge is -2.03. The zero-order valence-corrected chi connectivity index (χ0v) is 9.62. The van der Waals surface area contributed by atoms with Gasteiger partial charge in [-0.2, -0.15) is 8.42 Å². The third-order valence-electron chi connectivity index (χ3n) is 2.04. The Labute approximate surface area is 97.1 Å². The number of benzene rings is 1. The van der Waals surface area contributed by atoms with Crippen LogP contribution in [0.5, 0.6) is 0 Å². The fraction of sp³-hybridized carbons (Fsp3) is 0. The van der Waals surface area contributed by atoms with Crippen LogP contribution in [-0.4, -0.2) is 22.5 Å². The quantitative estimate of drug-likeness (QED) is 0.634. The molecule has 1 heterocycles. The molecule has 0 bridgehead atoms. The van der Waals surface area contributed by atoms with Gasteiger partial charge in [0.25, 0.3) is 10.1 Å². The smallest absolute Gasteiger partial charge is 0.294 e. The molecule has 0 unspecified atom stereocenters. The summed E-state index contributed by atoms with van der Waals surface area (Å²) in [5, 5.41) is 0. The number of imidazole rings is 1. The molecule has 0 radical (unpaired) electrons. The molecule has 0 amide bonds. The molecule has 0 aliphatic heterocycles. The molecule has 16 heavy (non-hydrogen) atoms. The van der Waals surface area contributed by atoms with Crippen LogP contribution in [0.25, 0.3) is 5.69 Å². The maximum absolute atomic E-state index is 11.0. The van der Waals surface area contributed by atoms with E-state index in [4.69, 9.17) is 16.8 Å². The molecule has 0 aliphatic rings.